The molecule has 4 saturated carbocycles. The maximum Gasteiger partial charge on any atom is 0.231 e. The summed E-state index contributed by atoms with van der Waals surface area (Å²) in [4.78, 5) is 17.8. The van der Waals surface area contributed by atoms with Crippen LogP contribution in [-0.2, 0) is 11.4 Å². The number of carbonyl (C=O) groups is 1. The highest BCUT2D eigenvalue weighted by Crippen LogP contribution is 2.60. The van der Waals surface area contributed by atoms with Crippen molar-refractivity contribution in [3.05, 3.63) is 53.7 Å². The third-order valence-corrected chi connectivity index (χ3v) is 7.17. The quantitative estimate of drug-likeness (QED) is 0.787. The molecule has 0 unspecified atom stereocenters. The van der Waals surface area contributed by atoms with Crippen molar-refractivity contribution < 1.29 is 9.53 Å². The second kappa shape index (κ2) is 6.91. The van der Waals surface area contributed by atoms with Crippen molar-refractivity contribution in [2.45, 2.75) is 52.1 Å². The van der Waals surface area contributed by atoms with Crippen LogP contribution in [0.25, 0.3) is 0 Å². The number of amides is 1. The van der Waals surface area contributed by atoms with Crippen LogP contribution in [0.3, 0.4) is 0 Å². The van der Waals surface area contributed by atoms with Crippen LogP contribution in [0.15, 0.2) is 42.6 Å². The van der Waals surface area contributed by atoms with Gasteiger partial charge in [-0.3, -0.25) is 4.79 Å². The van der Waals surface area contributed by atoms with Gasteiger partial charge in [0.15, 0.2) is 11.6 Å². The van der Waals surface area contributed by atoms with Crippen LogP contribution in [0.2, 0.25) is 0 Å². The largest absolute Gasteiger partial charge is 0.485 e. The molecule has 4 fully saturated rings. The number of rotatable bonds is 5. The molecule has 146 valence electrons. The first kappa shape index (κ1) is 17.7. The highest BCUT2D eigenvalue weighted by Gasteiger charge is 2.54. The number of pyridine rings is 1. The molecule has 4 aliphatic carbocycles. The summed E-state index contributed by atoms with van der Waals surface area (Å²) in [5.74, 6) is 3.60. The smallest absolute Gasteiger partial charge is 0.231 e. The number of hydrogen-bond acceptors (Lipinski definition) is 3. The fraction of sp³-hybridized carbons (Fsp3) is 0.500. The summed E-state index contributed by atoms with van der Waals surface area (Å²) in [7, 11) is 0. The van der Waals surface area contributed by atoms with Gasteiger partial charge in [-0.1, -0.05) is 24.3 Å². The monoisotopic (exact) mass is 376 g/mol. The van der Waals surface area contributed by atoms with Gasteiger partial charge in [-0.05, 0) is 86.5 Å². The Hall–Kier alpha value is -2.36. The molecule has 1 aromatic carbocycles. The van der Waals surface area contributed by atoms with Crippen LogP contribution in [0.5, 0.6) is 5.75 Å². The van der Waals surface area contributed by atoms with Crippen LogP contribution < -0.4 is 10.1 Å². The highest BCUT2D eigenvalue weighted by molar-refractivity contribution is 5.96. The number of benzene rings is 1. The summed E-state index contributed by atoms with van der Waals surface area (Å²) in [6.45, 7) is 2.55. The van der Waals surface area contributed by atoms with Gasteiger partial charge in [0.25, 0.3) is 0 Å². The van der Waals surface area contributed by atoms with E-state index in [2.05, 4.69) is 29.4 Å². The topological polar surface area (TPSA) is 51.2 Å². The molecule has 4 bridgehead atoms. The maximum atomic E-state index is 13.3. The van der Waals surface area contributed by atoms with Crippen molar-refractivity contribution >= 4 is 11.7 Å². The van der Waals surface area contributed by atoms with Crippen LogP contribution >= 0.6 is 0 Å². The number of carbonyl (C=O) groups excluding carboxylic acids is 1. The van der Waals surface area contributed by atoms with E-state index in [1.54, 1.807) is 6.20 Å². The van der Waals surface area contributed by atoms with Gasteiger partial charge in [-0.15, -0.1) is 0 Å². The van der Waals surface area contributed by atoms with Crippen molar-refractivity contribution in [1.82, 2.24) is 4.98 Å². The second-order valence-corrected chi connectivity index (χ2v) is 9.22. The standard InChI is InChI=1S/C24H28N2O2/c1-16-5-2-3-6-20(16)15-28-21-7-4-8-25-22(21)26-23(27)24-12-17-9-18(13-24)11-19(10-17)14-24/h2-8,17-19H,9-15H2,1H3,(H,25,26,27). The molecule has 1 N–H and O–H groups in total. The first-order valence-corrected chi connectivity index (χ1v) is 10.5. The first-order valence-electron chi connectivity index (χ1n) is 10.5. The second-order valence-electron chi connectivity index (χ2n) is 9.22. The Labute approximate surface area is 166 Å². The predicted octanol–water partition coefficient (Wildman–Crippen LogP) is 5.12. The minimum Gasteiger partial charge on any atom is -0.485 e. The van der Waals surface area contributed by atoms with Crippen molar-refractivity contribution in [3.8, 4) is 5.75 Å². The number of aromatic nitrogens is 1. The third kappa shape index (κ3) is 3.19. The molecule has 28 heavy (non-hydrogen) atoms. The zero-order valence-electron chi connectivity index (χ0n) is 16.5. The SMILES string of the molecule is Cc1ccccc1COc1cccnc1NC(=O)C12CC3CC(CC(C3)C1)C2. The lowest BCUT2D eigenvalue weighted by Gasteiger charge is -2.55. The Morgan fingerprint density at radius 2 is 1.75 bits per heavy atom. The minimum absolute atomic E-state index is 0.158. The Morgan fingerprint density at radius 3 is 2.43 bits per heavy atom. The Bertz CT molecular complexity index is 856. The fourth-order valence-corrected chi connectivity index (χ4v) is 6.16. The normalized spacial score (nSPS) is 30.2. The summed E-state index contributed by atoms with van der Waals surface area (Å²) >= 11 is 0. The molecular formula is C24H28N2O2. The van der Waals surface area contributed by atoms with Crippen LogP contribution in [-0.4, -0.2) is 10.9 Å². The average molecular weight is 377 g/mol. The third-order valence-electron chi connectivity index (χ3n) is 7.17. The van der Waals surface area contributed by atoms with E-state index in [0.717, 1.165) is 42.6 Å². The predicted molar refractivity (Wildman–Crippen MR) is 109 cm³/mol. The summed E-state index contributed by atoms with van der Waals surface area (Å²) in [6.07, 6.45) is 8.88. The molecule has 6 rings (SSSR count). The number of ether oxygens (including phenoxy) is 1. The van der Waals surface area contributed by atoms with Crippen molar-refractivity contribution in [2.75, 3.05) is 5.32 Å². The number of hydrogen-bond donors (Lipinski definition) is 1. The van der Waals surface area contributed by atoms with Gasteiger partial charge < -0.3 is 10.1 Å². The van der Waals surface area contributed by atoms with Gasteiger partial charge in [-0.25, -0.2) is 4.98 Å². The summed E-state index contributed by atoms with van der Waals surface area (Å²) in [5, 5.41) is 3.14. The van der Waals surface area contributed by atoms with Crippen LogP contribution in [0, 0.1) is 30.1 Å². The lowest BCUT2D eigenvalue weighted by Crippen LogP contribution is -2.51. The van der Waals surface area contributed by atoms with Crippen molar-refractivity contribution in [2.24, 2.45) is 23.2 Å². The molecule has 1 amide bonds. The Balaban J connectivity index is 1.32. The molecule has 4 heteroatoms. The van der Waals surface area contributed by atoms with E-state index >= 15 is 0 Å². The zero-order chi connectivity index (χ0) is 19.1. The molecule has 0 radical (unpaired) electrons. The van der Waals surface area contributed by atoms with Gasteiger partial charge in [0.2, 0.25) is 5.91 Å². The minimum atomic E-state index is -0.181. The van der Waals surface area contributed by atoms with Gasteiger partial charge >= 0.3 is 0 Å². The molecule has 4 nitrogen and oxygen atoms in total. The Kier molecular flexibility index (Phi) is 4.37. The summed E-state index contributed by atoms with van der Waals surface area (Å²) in [5.41, 5.74) is 2.16. The Morgan fingerprint density at radius 1 is 1.07 bits per heavy atom. The van der Waals surface area contributed by atoms with Crippen LogP contribution in [0.4, 0.5) is 5.82 Å². The average Bonchev–Trinajstić information content (AvgIpc) is 2.67. The van der Waals surface area contributed by atoms with E-state index in [4.69, 9.17) is 4.74 Å². The molecular weight excluding hydrogens is 348 g/mol. The molecule has 0 aliphatic heterocycles. The van der Waals surface area contributed by atoms with Gasteiger partial charge in [0, 0.05) is 6.20 Å². The van der Waals surface area contributed by atoms with E-state index in [1.165, 1.54) is 24.8 Å². The summed E-state index contributed by atoms with van der Waals surface area (Å²) < 4.78 is 6.05. The lowest BCUT2D eigenvalue weighted by molar-refractivity contribution is -0.140. The molecule has 2 aromatic rings. The van der Waals surface area contributed by atoms with E-state index < -0.39 is 0 Å². The van der Waals surface area contributed by atoms with E-state index in [-0.39, 0.29) is 11.3 Å². The first-order chi connectivity index (χ1) is 13.6. The van der Waals surface area contributed by atoms with Crippen molar-refractivity contribution in [1.29, 1.82) is 0 Å². The fourth-order valence-electron chi connectivity index (χ4n) is 6.16. The summed E-state index contributed by atoms with van der Waals surface area (Å²) in [6, 6.07) is 11.9. The molecule has 4 aliphatic rings. The number of aryl methyl sites for hydroxylation is 1. The van der Waals surface area contributed by atoms with Crippen LogP contribution in [0.1, 0.15) is 49.7 Å². The maximum absolute atomic E-state index is 13.3. The van der Waals surface area contributed by atoms with Gasteiger partial charge in [-0.2, -0.15) is 0 Å². The van der Waals surface area contributed by atoms with Gasteiger partial charge in [0.05, 0.1) is 5.41 Å². The van der Waals surface area contributed by atoms with E-state index in [1.807, 2.05) is 24.3 Å². The van der Waals surface area contributed by atoms with Crippen molar-refractivity contribution in [3.63, 3.8) is 0 Å². The van der Waals surface area contributed by atoms with Gasteiger partial charge in [0.1, 0.15) is 6.61 Å². The zero-order valence-corrected chi connectivity index (χ0v) is 16.5. The van der Waals surface area contributed by atoms with E-state index in [0.29, 0.717) is 18.2 Å². The highest BCUT2D eigenvalue weighted by atomic mass is 16.5. The molecule has 1 aromatic heterocycles. The molecule has 1 heterocycles. The molecule has 0 atom stereocenters. The number of anilines is 1. The lowest BCUT2D eigenvalue weighted by atomic mass is 9.49. The number of nitrogens with zero attached hydrogens (tertiary/aromatic N) is 1. The molecule has 0 spiro atoms. The number of nitrogens with one attached hydrogen (secondary N) is 1. The van der Waals surface area contributed by atoms with E-state index in [9.17, 15) is 4.79 Å². The molecule has 0 saturated heterocycles.